The SMILES string of the molecule is C[C@@H](NCc1cccs1)C1CC1. The summed E-state index contributed by atoms with van der Waals surface area (Å²) < 4.78 is 0. The highest BCUT2D eigenvalue weighted by Crippen LogP contribution is 2.32. The first-order chi connectivity index (χ1) is 5.86. The van der Waals surface area contributed by atoms with Gasteiger partial charge in [0.25, 0.3) is 0 Å². The molecule has 1 aromatic heterocycles. The molecule has 66 valence electrons. The normalized spacial score (nSPS) is 19.4. The van der Waals surface area contributed by atoms with Gasteiger partial charge in [0, 0.05) is 17.5 Å². The molecule has 2 rings (SSSR count). The fourth-order valence-electron chi connectivity index (χ4n) is 1.44. The number of nitrogens with one attached hydrogen (secondary N) is 1. The van der Waals surface area contributed by atoms with Crippen LogP contribution in [0.5, 0.6) is 0 Å². The standard InChI is InChI=1S/C10H15NS/c1-8(9-4-5-9)11-7-10-3-2-6-12-10/h2-3,6,8-9,11H,4-5,7H2,1H3/t8-/m1/s1. The molecule has 1 heterocycles. The van der Waals surface area contributed by atoms with E-state index < -0.39 is 0 Å². The highest BCUT2D eigenvalue weighted by atomic mass is 32.1. The lowest BCUT2D eigenvalue weighted by Gasteiger charge is -2.10. The van der Waals surface area contributed by atoms with Crippen LogP contribution in [-0.2, 0) is 6.54 Å². The molecule has 1 N–H and O–H groups in total. The van der Waals surface area contributed by atoms with Gasteiger partial charge in [0.05, 0.1) is 0 Å². The Balaban J connectivity index is 1.74. The van der Waals surface area contributed by atoms with Crippen LogP contribution >= 0.6 is 11.3 Å². The summed E-state index contributed by atoms with van der Waals surface area (Å²) in [5, 5.41) is 5.70. The summed E-state index contributed by atoms with van der Waals surface area (Å²) in [6.07, 6.45) is 2.86. The van der Waals surface area contributed by atoms with Gasteiger partial charge in [-0.25, -0.2) is 0 Å². The highest BCUT2D eigenvalue weighted by Gasteiger charge is 2.27. The molecule has 0 saturated heterocycles. The molecule has 0 aliphatic heterocycles. The third kappa shape index (κ3) is 2.08. The first kappa shape index (κ1) is 8.27. The van der Waals surface area contributed by atoms with Crippen molar-refractivity contribution < 1.29 is 0 Å². The predicted molar refractivity (Wildman–Crippen MR) is 53.3 cm³/mol. The Morgan fingerprint density at radius 1 is 1.67 bits per heavy atom. The second kappa shape index (κ2) is 3.58. The number of thiophene rings is 1. The summed E-state index contributed by atoms with van der Waals surface area (Å²) in [5.74, 6) is 0.963. The Hall–Kier alpha value is -0.340. The molecule has 12 heavy (non-hydrogen) atoms. The third-order valence-electron chi connectivity index (χ3n) is 2.51. The Morgan fingerprint density at radius 3 is 3.08 bits per heavy atom. The van der Waals surface area contributed by atoms with E-state index in [1.54, 1.807) is 0 Å². The van der Waals surface area contributed by atoms with E-state index in [-0.39, 0.29) is 0 Å². The van der Waals surface area contributed by atoms with Gasteiger partial charge >= 0.3 is 0 Å². The van der Waals surface area contributed by atoms with Crippen LogP contribution in [0.15, 0.2) is 17.5 Å². The van der Waals surface area contributed by atoms with Gasteiger partial charge in [-0.15, -0.1) is 11.3 Å². The van der Waals surface area contributed by atoms with E-state index in [4.69, 9.17) is 0 Å². The fraction of sp³-hybridized carbons (Fsp3) is 0.600. The van der Waals surface area contributed by atoms with Gasteiger partial charge in [0.2, 0.25) is 0 Å². The minimum atomic E-state index is 0.715. The van der Waals surface area contributed by atoms with Crippen molar-refractivity contribution in [3.05, 3.63) is 22.4 Å². The van der Waals surface area contributed by atoms with Crippen molar-refractivity contribution in [1.82, 2.24) is 5.32 Å². The summed E-state index contributed by atoms with van der Waals surface area (Å²) in [4.78, 5) is 1.45. The lowest BCUT2D eigenvalue weighted by Crippen LogP contribution is -2.26. The van der Waals surface area contributed by atoms with Gasteiger partial charge in [0.1, 0.15) is 0 Å². The lowest BCUT2D eigenvalue weighted by molar-refractivity contribution is 0.499. The van der Waals surface area contributed by atoms with Gasteiger partial charge in [-0.1, -0.05) is 6.07 Å². The second-order valence-corrected chi connectivity index (χ2v) is 4.62. The molecule has 0 spiro atoms. The van der Waals surface area contributed by atoms with Gasteiger partial charge < -0.3 is 5.32 Å². The van der Waals surface area contributed by atoms with E-state index in [0.29, 0.717) is 6.04 Å². The van der Waals surface area contributed by atoms with Crippen LogP contribution in [0.2, 0.25) is 0 Å². The van der Waals surface area contributed by atoms with Crippen LogP contribution in [0.25, 0.3) is 0 Å². The fourth-order valence-corrected chi connectivity index (χ4v) is 2.09. The zero-order valence-corrected chi connectivity index (χ0v) is 8.23. The van der Waals surface area contributed by atoms with E-state index in [2.05, 4.69) is 29.8 Å². The summed E-state index contributed by atoms with van der Waals surface area (Å²) in [7, 11) is 0. The minimum Gasteiger partial charge on any atom is -0.309 e. The van der Waals surface area contributed by atoms with E-state index in [1.165, 1.54) is 17.7 Å². The lowest BCUT2D eigenvalue weighted by atomic mass is 10.2. The van der Waals surface area contributed by atoms with Crippen LogP contribution in [0, 0.1) is 5.92 Å². The van der Waals surface area contributed by atoms with E-state index in [0.717, 1.165) is 12.5 Å². The van der Waals surface area contributed by atoms with Gasteiger partial charge in [-0.2, -0.15) is 0 Å². The first-order valence-corrected chi connectivity index (χ1v) is 5.50. The molecule has 0 radical (unpaired) electrons. The quantitative estimate of drug-likeness (QED) is 0.753. The summed E-state index contributed by atoms with van der Waals surface area (Å²) >= 11 is 1.83. The second-order valence-electron chi connectivity index (χ2n) is 3.59. The molecule has 0 amide bonds. The van der Waals surface area contributed by atoms with Crippen molar-refractivity contribution >= 4 is 11.3 Å². The van der Waals surface area contributed by atoms with Gasteiger partial charge in [0.15, 0.2) is 0 Å². The Labute approximate surface area is 77.8 Å². The van der Waals surface area contributed by atoms with Crippen LogP contribution in [0.3, 0.4) is 0 Å². The molecule has 1 aliphatic rings. The molecular formula is C10H15NS. The maximum Gasteiger partial charge on any atom is 0.0302 e. The van der Waals surface area contributed by atoms with E-state index in [9.17, 15) is 0 Å². The zero-order chi connectivity index (χ0) is 8.39. The Morgan fingerprint density at radius 2 is 2.50 bits per heavy atom. The number of rotatable bonds is 4. The minimum absolute atomic E-state index is 0.715. The van der Waals surface area contributed by atoms with Crippen molar-refractivity contribution in [2.75, 3.05) is 0 Å². The van der Waals surface area contributed by atoms with E-state index in [1.807, 2.05) is 11.3 Å². The molecule has 0 unspecified atom stereocenters. The predicted octanol–water partition coefficient (Wildman–Crippen LogP) is 2.64. The number of hydrogen-bond donors (Lipinski definition) is 1. The van der Waals surface area contributed by atoms with Crippen LogP contribution < -0.4 is 5.32 Å². The van der Waals surface area contributed by atoms with Crippen molar-refractivity contribution in [3.63, 3.8) is 0 Å². The van der Waals surface area contributed by atoms with Gasteiger partial charge in [-0.3, -0.25) is 0 Å². The molecule has 0 aromatic carbocycles. The molecule has 1 atom stereocenters. The van der Waals surface area contributed by atoms with Crippen molar-refractivity contribution in [3.8, 4) is 0 Å². The van der Waals surface area contributed by atoms with Crippen molar-refractivity contribution in [1.29, 1.82) is 0 Å². The molecule has 1 fully saturated rings. The van der Waals surface area contributed by atoms with Crippen LogP contribution in [-0.4, -0.2) is 6.04 Å². The average molecular weight is 181 g/mol. The van der Waals surface area contributed by atoms with E-state index >= 15 is 0 Å². The topological polar surface area (TPSA) is 12.0 Å². The smallest absolute Gasteiger partial charge is 0.0302 e. The van der Waals surface area contributed by atoms with Crippen LogP contribution in [0.4, 0.5) is 0 Å². The average Bonchev–Trinajstić information content (AvgIpc) is 2.80. The zero-order valence-electron chi connectivity index (χ0n) is 7.42. The number of hydrogen-bond acceptors (Lipinski definition) is 2. The molecule has 1 aliphatic carbocycles. The Kier molecular flexibility index (Phi) is 2.47. The van der Waals surface area contributed by atoms with Crippen LogP contribution in [0.1, 0.15) is 24.6 Å². The summed E-state index contributed by atoms with van der Waals surface area (Å²) in [6.45, 7) is 3.35. The Bertz CT molecular complexity index is 226. The summed E-state index contributed by atoms with van der Waals surface area (Å²) in [5.41, 5.74) is 0. The molecule has 0 bridgehead atoms. The largest absolute Gasteiger partial charge is 0.309 e. The monoisotopic (exact) mass is 181 g/mol. The first-order valence-electron chi connectivity index (χ1n) is 4.62. The molecule has 1 aromatic rings. The maximum atomic E-state index is 3.56. The molecule has 1 saturated carbocycles. The molecule has 2 heteroatoms. The molecule has 1 nitrogen and oxygen atoms in total. The highest BCUT2D eigenvalue weighted by molar-refractivity contribution is 7.09. The molecular weight excluding hydrogens is 166 g/mol. The van der Waals surface area contributed by atoms with Gasteiger partial charge in [-0.05, 0) is 37.1 Å². The third-order valence-corrected chi connectivity index (χ3v) is 3.38. The van der Waals surface area contributed by atoms with Crippen molar-refractivity contribution in [2.45, 2.75) is 32.4 Å². The van der Waals surface area contributed by atoms with Crippen molar-refractivity contribution in [2.24, 2.45) is 5.92 Å². The maximum absolute atomic E-state index is 3.56. The summed E-state index contributed by atoms with van der Waals surface area (Å²) in [6, 6.07) is 5.02.